The Labute approximate surface area is 162 Å². The van der Waals surface area contributed by atoms with Crippen molar-refractivity contribution < 1.29 is 14.4 Å². The number of fused-ring (bicyclic) bond motifs is 1. The molecule has 130 valence electrons. The lowest BCUT2D eigenvalue weighted by atomic mass is 10.1. The quantitative estimate of drug-likeness (QED) is 0.677. The third-order valence-electron chi connectivity index (χ3n) is 4.37. The smallest absolute Gasteiger partial charge is 0.293 e. The maximum Gasteiger partial charge on any atom is 0.293 e. The number of hydrogen-bond acceptors (Lipinski definition) is 4. The van der Waals surface area contributed by atoms with E-state index in [-0.39, 0.29) is 22.6 Å². The van der Waals surface area contributed by atoms with Crippen LogP contribution in [-0.2, 0) is 16.1 Å². The Hall–Kier alpha value is -2.38. The van der Waals surface area contributed by atoms with Crippen molar-refractivity contribution in [1.82, 2.24) is 4.90 Å². The number of halogens is 1. The van der Waals surface area contributed by atoms with Gasteiger partial charge in [0, 0.05) is 17.1 Å². The predicted molar refractivity (Wildman–Crippen MR) is 104 cm³/mol. The second-order valence-corrected chi connectivity index (χ2v) is 7.85. The van der Waals surface area contributed by atoms with Gasteiger partial charge in [-0.3, -0.25) is 19.3 Å². The molecule has 2 aliphatic rings. The van der Waals surface area contributed by atoms with E-state index in [2.05, 4.69) is 15.9 Å². The average Bonchev–Trinajstić information content (AvgIpc) is 3.03. The number of imide groups is 1. The molecule has 2 heterocycles. The van der Waals surface area contributed by atoms with Gasteiger partial charge in [0.15, 0.2) is 0 Å². The molecule has 7 heteroatoms. The summed E-state index contributed by atoms with van der Waals surface area (Å²) in [4.78, 5) is 40.9. The molecule has 0 N–H and O–H groups in total. The van der Waals surface area contributed by atoms with Crippen molar-refractivity contribution in [3.8, 4) is 0 Å². The van der Waals surface area contributed by atoms with Gasteiger partial charge in [0.05, 0.1) is 22.7 Å². The molecule has 2 aromatic carbocycles. The van der Waals surface area contributed by atoms with Crippen LogP contribution < -0.4 is 4.90 Å². The molecule has 0 spiro atoms. The van der Waals surface area contributed by atoms with Crippen molar-refractivity contribution in [3.05, 3.63) is 69.0 Å². The number of thioether (sulfide) groups is 1. The molecule has 26 heavy (non-hydrogen) atoms. The van der Waals surface area contributed by atoms with Crippen LogP contribution in [0.4, 0.5) is 10.5 Å². The van der Waals surface area contributed by atoms with Gasteiger partial charge < -0.3 is 4.90 Å². The second kappa shape index (κ2) is 6.41. The Morgan fingerprint density at radius 3 is 2.46 bits per heavy atom. The number of likely N-dealkylation sites (N-methyl/N-ethyl adjacent to an activating group) is 1. The molecular formula is C19H13BrN2O3S. The summed E-state index contributed by atoms with van der Waals surface area (Å²) in [5.41, 5.74) is 2.54. The molecule has 0 saturated carbocycles. The number of anilines is 1. The number of nitrogens with zero attached hydrogens (tertiary/aromatic N) is 2. The Morgan fingerprint density at radius 2 is 1.73 bits per heavy atom. The van der Waals surface area contributed by atoms with Gasteiger partial charge in [-0.2, -0.15) is 0 Å². The Kier molecular flexibility index (Phi) is 4.20. The second-order valence-electron chi connectivity index (χ2n) is 5.97. The molecule has 0 bridgehead atoms. The molecule has 1 saturated heterocycles. The Morgan fingerprint density at radius 1 is 1.00 bits per heavy atom. The molecule has 0 radical (unpaired) electrons. The van der Waals surface area contributed by atoms with E-state index in [1.165, 1.54) is 9.80 Å². The Balaban J connectivity index is 1.77. The monoisotopic (exact) mass is 428 g/mol. The summed E-state index contributed by atoms with van der Waals surface area (Å²) in [7, 11) is 1.66. The summed E-state index contributed by atoms with van der Waals surface area (Å²) in [5.74, 6) is -0.697. The van der Waals surface area contributed by atoms with Gasteiger partial charge in [0.1, 0.15) is 0 Å². The zero-order chi connectivity index (χ0) is 18.4. The number of carbonyl (C=O) groups excluding carboxylic acids is 3. The predicted octanol–water partition coefficient (Wildman–Crippen LogP) is 4.03. The van der Waals surface area contributed by atoms with E-state index in [0.717, 1.165) is 27.5 Å². The molecule has 0 atom stereocenters. The van der Waals surface area contributed by atoms with Crippen LogP contribution in [0.5, 0.6) is 0 Å². The van der Waals surface area contributed by atoms with E-state index >= 15 is 0 Å². The van der Waals surface area contributed by atoms with Crippen LogP contribution in [0.3, 0.4) is 0 Å². The van der Waals surface area contributed by atoms with Crippen LogP contribution in [0, 0.1) is 0 Å². The third-order valence-corrected chi connectivity index (χ3v) is 5.84. The molecule has 1 fully saturated rings. The molecule has 0 aliphatic carbocycles. The molecule has 2 aromatic rings. The number of amides is 3. The number of benzene rings is 2. The summed E-state index contributed by atoms with van der Waals surface area (Å²) >= 11 is 4.23. The maximum atomic E-state index is 12.9. The first-order valence-corrected chi connectivity index (χ1v) is 9.48. The van der Waals surface area contributed by atoms with Gasteiger partial charge in [-0.15, -0.1) is 0 Å². The van der Waals surface area contributed by atoms with Gasteiger partial charge in [-0.25, -0.2) is 0 Å². The molecular weight excluding hydrogens is 416 g/mol. The highest BCUT2D eigenvalue weighted by Gasteiger charge is 2.42. The lowest BCUT2D eigenvalue weighted by molar-refractivity contribution is -0.123. The fourth-order valence-corrected chi connectivity index (χ4v) is 4.35. The average molecular weight is 429 g/mol. The van der Waals surface area contributed by atoms with Gasteiger partial charge >= 0.3 is 0 Å². The van der Waals surface area contributed by atoms with Crippen LogP contribution in [0.15, 0.2) is 57.9 Å². The molecule has 5 nitrogen and oxygen atoms in total. The standard InChI is InChI=1S/C19H13BrN2O3S/c1-21-14-8-7-12(20)9-13(14)15(17(21)23)16-18(24)22(19(25)26-16)10-11-5-3-2-4-6-11/h2-9H,10H2,1H3/b16-15+. The zero-order valence-corrected chi connectivity index (χ0v) is 16.1. The summed E-state index contributed by atoms with van der Waals surface area (Å²) in [5, 5.41) is -0.361. The van der Waals surface area contributed by atoms with E-state index < -0.39 is 5.91 Å². The van der Waals surface area contributed by atoms with Crippen LogP contribution in [-0.4, -0.2) is 29.0 Å². The van der Waals surface area contributed by atoms with Crippen molar-refractivity contribution in [2.45, 2.75) is 6.54 Å². The van der Waals surface area contributed by atoms with Gasteiger partial charge in [0.25, 0.3) is 17.1 Å². The fraction of sp³-hybridized carbons (Fsp3) is 0.105. The molecule has 4 rings (SSSR count). The highest BCUT2D eigenvalue weighted by molar-refractivity contribution is 9.10. The van der Waals surface area contributed by atoms with Crippen molar-refractivity contribution in [3.63, 3.8) is 0 Å². The highest BCUT2D eigenvalue weighted by atomic mass is 79.9. The van der Waals surface area contributed by atoms with Crippen LogP contribution in [0.25, 0.3) is 5.57 Å². The largest absolute Gasteiger partial charge is 0.311 e. The lowest BCUT2D eigenvalue weighted by Crippen LogP contribution is -2.28. The summed E-state index contributed by atoms with van der Waals surface area (Å²) in [6.07, 6.45) is 0. The molecule has 0 unspecified atom stereocenters. The SMILES string of the molecule is CN1C(=O)/C(=C2/SC(=O)N(Cc3ccccc3)C2=O)c2cc(Br)ccc21. The summed E-state index contributed by atoms with van der Waals surface area (Å²) in [6, 6.07) is 14.8. The van der Waals surface area contributed by atoms with Crippen molar-refractivity contribution in [1.29, 1.82) is 0 Å². The third kappa shape index (κ3) is 2.68. The topological polar surface area (TPSA) is 57.7 Å². The fourth-order valence-electron chi connectivity index (χ4n) is 3.06. The van der Waals surface area contributed by atoms with Crippen LogP contribution in [0.2, 0.25) is 0 Å². The number of rotatable bonds is 2. The first-order chi connectivity index (χ1) is 12.5. The van der Waals surface area contributed by atoms with E-state index in [0.29, 0.717) is 11.1 Å². The maximum absolute atomic E-state index is 12.9. The van der Waals surface area contributed by atoms with Crippen LogP contribution >= 0.6 is 27.7 Å². The zero-order valence-electron chi connectivity index (χ0n) is 13.7. The first-order valence-electron chi connectivity index (χ1n) is 7.87. The first kappa shape index (κ1) is 17.1. The van der Waals surface area contributed by atoms with Crippen molar-refractivity contribution in [2.24, 2.45) is 0 Å². The minimum absolute atomic E-state index is 0.192. The van der Waals surface area contributed by atoms with Crippen molar-refractivity contribution in [2.75, 3.05) is 11.9 Å². The van der Waals surface area contributed by atoms with Crippen LogP contribution in [0.1, 0.15) is 11.1 Å². The minimum atomic E-state index is -0.423. The van der Waals surface area contributed by atoms with E-state index in [1.807, 2.05) is 42.5 Å². The van der Waals surface area contributed by atoms with E-state index in [9.17, 15) is 14.4 Å². The van der Waals surface area contributed by atoms with E-state index in [1.54, 1.807) is 13.1 Å². The normalized spacial score (nSPS) is 19.5. The van der Waals surface area contributed by atoms with Crippen molar-refractivity contribution >= 4 is 56.0 Å². The van der Waals surface area contributed by atoms with Gasteiger partial charge in [-0.05, 0) is 35.5 Å². The highest BCUT2D eigenvalue weighted by Crippen LogP contribution is 2.44. The van der Waals surface area contributed by atoms with Gasteiger partial charge in [-0.1, -0.05) is 46.3 Å². The van der Waals surface area contributed by atoms with Gasteiger partial charge in [0.2, 0.25) is 0 Å². The van der Waals surface area contributed by atoms with E-state index in [4.69, 9.17) is 0 Å². The lowest BCUT2D eigenvalue weighted by Gasteiger charge is -2.12. The molecule has 2 aliphatic heterocycles. The molecule has 3 amide bonds. The summed E-state index contributed by atoms with van der Waals surface area (Å²) < 4.78 is 0.806. The molecule has 0 aromatic heterocycles. The Bertz CT molecular complexity index is 988. The number of hydrogen-bond donors (Lipinski definition) is 0. The summed E-state index contributed by atoms with van der Waals surface area (Å²) in [6.45, 7) is 0.192. The minimum Gasteiger partial charge on any atom is -0.311 e. The number of carbonyl (C=O) groups is 3.